The lowest BCUT2D eigenvalue weighted by Crippen LogP contribution is -2.38. The molecule has 2 heteroatoms. The highest BCUT2D eigenvalue weighted by molar-refractivity contribution is 5.36. The van der Waals surface area contributed by atoms with Crippen LogP contribution >= 0.6 is 0 Å². The second kappa shape index (κ2) is 6.64. The normalized spacial score (nSPS) is 20.0. The SMILES string of the molecule is CN1CCCC(CC(O)(c2ccccc2)c2ccccc2)C1. The van der Waals surface area contributed by atoms with E-state index in [1.807, 2.05) is 60.7 Å². The van der Waals surface area contributed by atoms with Crippen LogP contribution in [0.15, 0.2) is 60.7 Å². The van der Waals surface area contributed by atoms with E-state index in [1.54, 1.807) is 0 Å². The first-order valence-electron chi connectivity index (χ1n) is 8.20. The van der Waals surface area contributed by atoms with Gasteiger partial charge in [0, 0.05) is 6.54 Å². The number of aliphatic hydroxyl groups is 1. The molecule has 1 saturated heterocycles. The molecular weight excluding hydrogens is 270 g/mol. The number of benzene rings is 2. The van der Waals surface area contributed by atoms with E-state index in [9.17, 15) is 5.11 Å². The van der Waals surface area contributed by atoms with Crippen LogP contribution in [0.5, 0.6) is 0 Å². The van der Waals surface area contributed by atoms with Crippen molar-refractivity contribution in [1.82, 2.24) is 4.90 Å². The summed E-state index contributed by atoms with van der Waals surface area (Å²) in [6, 6.07) is 20.2. The van der Waals surface area contributed by atoms with Crippen LogP contribution in [0, 0.1) is 5.92 Å². The van der Waals surface area contributed by atoms with Crippen LogP contribution < -0.4 is 0 Å². The first-order valence-corrected chi connectivity index (χ1v) is 8.20. The van der Waals surface area contributed by atoms with E-state index in [0.29, 0.717) is 5.92 Å². The van der Waals surface area contributed by atoms with Gasteiger partial charge in [0.1, 0.15) is 5.60 Å². The maximum atomic E-state index is 11.6. The molecule has 1 atom stereocenters. The average Bonchev–Trinajstić information content (AvgIpc) is 2.56. The molecule has 2 nitrogen and oxygen atoms in total. The van der Waals surface area contributed by atoms with Crippen molar-refractivity contribution in [1.29, 1.82) is 0 Å². The van der Waals surface area contributed by atoms with Crippen LogP contribution in [0.4, 0.5) is 0 Å². The highest BCUT2D eigenvalue weighted by Gasteiger charge is 2.35. The predicted octanol–water partition coefficient (Wildman–Crippen LogP) is 3.65. The number of hydrogen-bond donors (Lipinski definition) is 1. The molecule has 0 aliphatic carbocycles. The summed E-state index contributed by atoms with van der Waals surface area (Å²) in [6.45, 7) is 2.24. The second-order valence-corrected chi connectivity index (χ2v) is 6.57. The fourth-order valence-electron chi connectivity index (χ4n) is 3.69. The summed E-state index contributed by atoms with van der Waals surface area (Å²) in [7, 11) is 2.18. The Morgan fingerprint density at radius 3 is 2.05 bits per heavy atom. The number of rotatable bonds is 4. The lowest BCUT2D eigenvalue weighted by molar-refractivity contribution is 0.0367. The second-order valence-electron chi connectivity index (χ2n) is 6.57. The highest BCUT2D eigenvalue weighted by Crippen LogP contribution is 2.37. The van der Waals surface area contributed by atoms with Crippen molar-refractivity contribution in [2.75, 3.05) is 20.1 Å². The van der Waals surface area contributed by atoms with E-state index in [2.05, 4.69) is 11.9 Å². The number of likely N-dealkylation sites (tertiary alicyclic amines) is 1. The van der Waals surface area contributed by atoms with Gasteiger partial charge >= 0.3 is 0 Å². The van der Waals surface area contributed by atoms with E-state index in [1.165, 1.54) is 19.4 Å². The molecule has 3 rings (SSSR count). The van der Waals surface area contributed by atoms with E-state index >= 15 is 0 Å². The molecule has 22 heavy (non-hydrogen) atoms. The van der Waals surface area contributed by atoms with Crippen molar-refractivity contribution in [3.8, 4) is 0 Å². The molecule has 0 amide bonds. The van der Waals surface area contributed by atoms with Crippen LogP contribution in [-0.2, 0) is 5.60 Å². The van der Waals surface area contributed by atoms with Crippen LogP contribution in [-0.4, -0.2) is 30.1 Å². The van der Waals surface area contributed by atoms with Gasteiger partial charge in [0.05, 0.1) is 0 Å². The van der Waals surface area contributed by atoms with E-state index < -0.39 is 5.60 Å². The molecule has 1 heterocycles. The first kappa shape index (κ1) is 15.3. The van der Waals surface area contributed by atoms with E-state index in [4.69, 9.17) is 0 Å². The number of nitrogens with zero attached hydrogens (tertiary/aromatic N) is 1. The van der Waals surface area contributed by atoms with Gasteiger partial charge in [-0.2, -0.15) is 0 Å². The lowest BCUT2D eigenvalue weighted by Gasteiger charge is -2.37. The van der Waals surface area contributed by atoms with Crippen molar-refractivity contribution in [3.63, 3.8) is 0 Å². The van der Waals surface area contributed by atoms with Crippen molar-refractivity contribution < 1.29 is 5.11 Å². The van der Waals surface area contributed by atoms with E-state index in [0.717, 1.165) is 24.1 Å². The van der Waals surface area contributed by atoms with Gasteiger partial charge in [-0.05, 0) is 49.9 Å². The van der Waals surface area contributed by atoms with Gasteiger partial charge in [-0.1, -0.05) is 60.7 Å². The molecule has 1 fully saturated rings. The third kappa shape index (κ3) is 3.23. The van der Waals surface area contributed by atoms with Crippen molar-refractivity contribution in [2.45, 2.75) is 24.9 Å². The molecule has 2 aromatic rings. The first-order chi connectivity index (χ1) is 10.7. The molecule has 116 valence electrons. The van der Waals surface area contributed by atoms with Gasteiger partial charge in [-0.3, -0.25) is 0 Å². The minimum absolute atomic E-state index is 0.532. The Kier molecular flexibility index (Phi) is 4.60. The largest absolute Gasteiger partial charge is 0.380 e. The molecule has 1 aliphatic rings. The average molecular weight is 295 g/mol. The minimum Gasteiger partial charge on any atom is -0.380 e. The predicted molar refractivity (Wildman–Crippen MR) is 90.7 cm³/mol. The lowest BCUT2D eigenvalue weighted by atomic mass is 9.77. The maximum absolute atomic E-state index is 11.6. The zero-order valence-electron chi connectivity index (χ0n) is 13.3. The number of piperidine rings is 1. The Labute approximate surface area is 133 Å². The van der Waals surface area contributed by atoms with Crippen LogP contribution in [0.25, 0.3) is 0 Å². The summed E-state index contributed by atoms with van der Waals surface area (Å²) in [5.41, 5.74) is 1.09. The Hall–Kier alpha value is -1.64. The molecule has 1 N–H and O–H groups in total. The maximum Gasteiger partial charge on any atom is 0.115 e. The molecule has 1 unspecified atom stereocenters. The van der Waals surface area contributed by atoms with Gasteiger partial charge in [-0.25, -0.2) is 0 Å². The topological polar surface area (TPSA) is 23.5 Å². The van der Waals surface area contributed by atoms with Crippen molar-refractivity contribution in [3.05, 3.63) is 71.8 Å². The molecule has 0 bridgehead atoms. The Balaban J connectivity index is 1.93. The third-order valence-electron chi connectivity index (χ3n) is 4.81. The fourth-order valence-corrected chi connectivity index (χ4v) is 3.69. The molecule has 0 spiro atoms. The highest BCUT2D eigenvalue weighted by atomic mass is 16.3. The molecule has 1 aliphatic heterocycles. The Bertz CT molecular complexity index is 542. The summed E-state index contributed by atoms with van der Waals surface area (Å²) in [4.78, 5) is 2.38. The van der Waals surface area contributed by atoms with E-state index in [-0.39, 0.29) is 0 Å². The zero-order chi connectivity index (χ0) is 15.4. The molecule has 0 radical (unpaired) electrons. The van der Waals surface area contributed by atoms with Gasteiger partial charge in [-0.15, -0.1) is 0 Å². The minimum atomic E-state index is -0.897. The summed E-state index contributed by atoms with van der Waals surface area (Å²) in [5.74, 6) is 0.532. The molecular formula is C20H25NO. The van der Waals surface area contributed by atoms with Crippen LogP contribution in [0.1, 0.15) is 30.4 Å². The van der Waals surface area contributed by atoms with Crippen molar-refractivity contribution >= 4 is 0 Å². The Morgan fingerprint density at radius 2 is 1.55 bits per heavy atom. The number of hydrogen-bond acceptors (Lipinski definition) is 2. The monoisotopic (exact) mass is 295 g/mol. The Morgan fingerprint density at radius 1 is 1.00 bits per heavy atom. The van der Waals surface area contributed by atoms with Crippen LogP contribution in [0.3, 0.4) is 0 Å². The fraction of sp³-hybridized carbons (Fsp3) is 0.400. The van der Waals surface area contributed by atoms with Gasteiger partial charge in [0.2, 0.25) is 0 Å². The van der Waals surface area contributed by atoms with Gasteiger partial charge in [0.15, 0.2) is 0 Å². The summed E-state index contributed by atoms with van der Waals surface area (Å²) >= 11 is 0. The molecule has 0 saturated carbocycles. The smallest absolute Gasteiger partial charge is 0.115 e. The zero-order valence-corrected chi connectivity index (χ0v) is 13.3. The van der Waals surface area contributed by atoms with Crippen molar-refractivity contribution in [2.24, 2.45) is 5.92 Å². The summed E-state index contributed by atoms with van der Waals surface area (Å²) in [6.07, 6.45) is 3.21. The standard InChI is InChI=1S/C20H25NO/c1-21-14-8-9-17(16-21)15-20(22,18-10-4-2-5-11-18)19-12-6-3-7-13-19/h2-7,10-13,17,22H,8-9,14-16H2,1H3. The molecule has 0 aromatic heterocycles. The van der Waals surface area contributed by atoms with Gasteiger partial charge in [0.25, 0.3) is 0 Å². The summed E-state index contributed by atoms with van der Waals surface area (Å²) in [5, 5.41) is 11.6. The summed E-state index contributed by atoms with van der Waals surface area (Å²) < 4.78 is 0. The van der Waals surface area contributed by atoms with Gasteiger partial charge < -0.3 is 10.0 Å². The van der Waals surface area contributed by atoms with Crippen LogP contribution in [0.2, 0.25) is 0 Å². The quantitative estimate of drug-likeness (QED) is 0.930. The molecule has 2 aromatic carbocycles. The third-order valence-corrected chi connectivity index (χ3v) is 4.81.